The number of benzene rings is 8. The van der Waals surface area contributed by atoms with Gasteiger partial charge in [-0.05, 0) is 84.9 Å². The van der Waals surface area contributed by atoms with Crippen molar-refractivity contribution in [1.29, 1.82) is 0 Å². The molecule has 0 unspecified atom stereocenters. The van der Waals surface area contributed by atoms with Crippen molar-refractivity contribution in [3.8, 4) is 0 Å². The first-order chi connectivity index (χ1) is 35.8. The van der Waals surface area contributed by atoms with Gasteiger partial charge in [0.05, 0.1) is 32.5 Å². The molecule has 0 aliphatic heterocycles. The van der Waals surface area contributed by atoms with E-state index in [9.17, 15) is 82.6 Å². The normalized spacial score (nSPS) is 13.1. The summed E-state index contributed by atoms with van der Waals surface area (Å²) in [4.78, 5) is 19.2. The lowest BCUT2D eigenvalue weighted by molar-refractivity contribution is 0.481. The Hall–Kier alpha value is -8.13. The zero-order valence-corrected chi connectivity index (χ0v) is 42.6. The zero-order chi connectivity index (χ0) is 55.8. The highest BCUT2D eigenvalue weighted by atomic mass is 32.2. The van der Waals surface area contributed by atoms with Crippen LogP contribution in [-0.2, 0) is 60.7 Å². The molecule has 9 aromatic rings. The summed E-state index contributed by atoms with van der Waals surface area (Å²) in [7, 11) is -29.8. The molecule has 0 amide bonds. The number of nitrogens with one attached hydrogen (secondary N) is 3. The van der Waals surface area contributed by atoms with E-state index in [1.165, 1.54) is 36.4 Å². The van der Waals surface area contributed by atoms with E-state index in [0.717, 1.165) is 84.9 Å². The Balaban J connectivity index is 1.09. The molecular weight excluding hydrogens is 1140 g/mol. The van der Waals surface area contributed by atoms with Crippen LogP contribution in [-0.4, -0.2) is 92.8 Å². The molecule has 0 spiro atoms. The van der Waals surface area contributed by atoms with Crippen molar-refractivity contribution in [3.05, 3.63) is 132 Å². The molecule has 0 aliphatic rings. The third-order valence-electron chi connectivity index (χ3n) is 11.1. The second-order valence-electron chi connectivity index (χ2n) is 16.1. The van der Waals surface area contributed by atoms with E-state index in [2.05, 4.69) is 46.0 Å². The summed E-state index contributed by atoms with van der Waals surface area (Å²) in [6.45, 7) is 0. The van der Waals surface area contributed by atoms with Crippen molar-refractivity contribution in [2.24, 2.45) is 20.5 Å². The maximum absolute atomic E-state index is 13.0. The van der Waals surface area contributed by atoms with Crippen LogP contribution >= 0.6 is 0 Å². The number of hydrogen-bond donors (Lipinski definition) is 9. The first-order valence-corrected chi connectivity index (χ1v) is 29.4. The number of azo groups is 2. The van der Waals surface area contributed by atoms with E-state index >= 15 is 0 Å². The molecule has 0 atom stereocenters. The highest BCUT2D eigenvalue weighted by Crippen LogP contribution is 2.40. The molecular formula is C43H29N9O19S6. The molecule has 0 bridgehead atoms. The molecule has 9 rings (SSSR count). The molecule has 8 aromatic carbocycles. The third kappa shape index (κ3) is 11.2. The van der Waals surface area contributed by atoms with Crippen LogP contribution in [0.2, 0.25) is 0 Å². The van der Waals surface area contributed by atoms with E-state index in [4.69, 9.17) is 0 Å². The summed E-state index contributed by atoms with van der Waals surface area (Å²) < 4.78 is 207. The first kappa shape index (κ1) is 53.7. The number of nitrogens with zero attached hydrogens (tertiary/aromatic N) is 6. The Bertz CT molecular complexity index is 4600. The highest BCUT2D eigenvalue weighted by molar-refractivity contribution is 7.87. The quantitative estimate of drug-likeness (QED) is 0.0374. The molecule has 0 saturated heterocycles. The van der Waals surface area contributed by atoms with Gasteiger partial charge in [0.2, 0.25) is 11.9 Å². The van der Waals surface area contributed by atoms with Crippen LogP contribution in [0.4, 0.5) is 46.0 Å². The fourth-order valence-corrected chi connectivity index (χ4v) is 11.8. The number of aromatic amines is 1. The largest absolute Gasteiger partial charge is 0.351 e. The molecule has 28 nitrogen and oxygen atoms in total. The standard InChI is InChI=1S/C43H29N9O19S6/c53-43-47-41(44-33-11-13-35(29-19-23(72(54,55)56)7-9-25(29)33)51-49-21-15-31-27(39(17-21)76(66,67)68)3-1-5-37(31)74(60,61)62)46-42(48-43)45-34-12-14-36(30-20-24(73(57,58)59)8-10-26(30)34)52-50-22-16-32-28(40(18-22)77(69,70)71)4-2-6-38(32)75(63,64)65/h1-20H,(H,54,55,56)(H,57,58,59)(H,60,61,62)(H,63,64,65)(H,66,67,68)(H,69,70,71)(H3,44,45,46,47,48,53). The molecule has 0 saturated carbocycles. The Morgan fingerprint density at radius 3 is 1.19 bits per heavy atom. The molecule has 0 aliphatic carbocycles. The maximum Gasteiger partial charge on any atom is 0.351 e. The third-order valence-corrected chi connectivity index (χ3v) is 16.4. The predicted molar refractivity (Wildman–Crippen MR) is 272 cm³/mol. The molecule has 9 N–H and O–H groups in total. The van der Waals surface area contributed by atoms with Gasteiger partial charge >= 0.3 is 5.69 Å². The number of hydrogen-bond acceptors (Lipinski definition) is 21. The lowest BCUT2D eigenvalue weighted by atomic mass is 10.1. The number of fused-ring (bicyclic) bond motifs is 4. The van der Waals surface area contributed by atoms with Crippen molar-refractivity contribution in [2.45, 2.75) is 29.4 Å². The van der Waals surface area contributed by atoms with Gasteiger partial charge in [-0.1, -0.05) is 36.4 Å². The molecule has 1 heterocycles. The maximum atomic E-state index is 13.0. The lowest BCUT2D eigenvalue weighted by Gasteiger charge is -2.13. The van der Waals surface area contributed by atoms with Crippen molar-refractivity contribution in [1.82, 2.24) is 15.0 Å². The zero-order valence-electron chi connectivity index (χ0n) is 37.7. The topological polar surface area (TPSA) is 458 Å². The first-order valence-electron chi connectivity index (χ1n) is 20.8. The van der Waals surface area contributed by atoms with Gasteiger partial charge in [0.1, 0.15) is 19.6 Å². The van der Waals surface area contributed by atoms with Gasteiger partial charge in [0.25, 0.3) is 60.7 Å². The van der Waals surface area contributed by atoms with E-state index in [0.29, 0.717) is 0 Å². The van der Waals surface area contributed by atoms with E-state index in [1.807, 2.05) is 0 Å². The van der Waals surface area contributed by atoms with Crippen molar-refractivity contribution >= 4 is 150 Å². The van der Waals surface area contributed by atoms with Crippen molar-refractivity contribution in [3.63, 3.8) is 0 Å². The molecule has 77 heavy (non-hydrogen) atoms. The van der Waals surface area contributed by atoms with Crippen LogP contribution in [0.25, 0.3) is 43.1 Å². The smallest absolute Gasteiger partial charge is 0.325 e. The molecule has 0 fully saturated rings. The van der Waals surface area contributed by atoms with Gasteiger partial charge in [0.15, 0.2) is 0 Å². The minimum Gasteiger partial charge on any atom is -0.325 e. The SMILES string of the molecule is O=c1nc(Nc2ccc(N=Nc3cc(S(=O)(=O)O)c4cccc(S(=O)(=O)O)c4c3)c3cc(S(=O)(=O)O)ccc23)nc(Nc2ccc(N=Nc3cc(S(=O)(=O)O)c4cccc(S(=O)(=O)O)c4c3)c3cc(S(=O)(=O)O)ccc23)[nH]1. The van der Waals surface area contributed by atoms with Gasteiger partial charge in [-0.3, -0.25) is 32.3 Å². The van der Waals surface area contributed by atoms with Crippen LogP contribution in [0, 0.1) is 0 Å². The van der Waals surface area contributed by atoms with Gasteiger partial charge in [-0.25, -0.2) is 4.79 Å². The number of aromatic nitrogens is 3. The van der Waals surface area contributed by atoms with Crippen molar-refractivity contribution in [2.75, 3.05) is 10.6 Å². The van der Waals surface area contributed by atoms with Crippen LogP contribution in [0.1, 0.15) is 0 Å². The van der Waals surface area contributed by atoms with Crippen LogP contribution < -0.4 is 16.3 Å². The molecule has 0 radical (unpaired) electrons. The van der Waals surface area contributed by atoms with E-state index in [-0.39, 0.29) is 83.2 Å². The average molecular weight is 1170 g/mol. The number of H-pyrrole nitrogens is 1. The van der Waals surface area contributed by atoms with Crippen LogP contribution in [0.15, 0.2) is 176 Å². The minimum absolute atomic E-state index is 0.0617. The molecule has 34 heteroatoms. The van der Waals surface area contributed by atoms with Gasteiger partial charge in [0, 0.05) is 54.5 Å². The summed E-state index contributed by atoms with van der Waals surface area (Å²) in [5.74, 6) is -0.722. The second-order valence-corrected chi connectivity index (χ2v) is 24.5. The second kappa shape index (κ2) is 19.2. The number of anilines is 4. The summed E-state index contributed by atoms with van der Waals surface area (Å²) >= 11 is 0. The van der Waals surface area contributed by atoms with Crippen LogP contribution in [0.5, 0.6) is 0 Å². The van der Waals surface area contributed by atoms with Crippen molar-refractivity contribution < 1.29 is 77.8 Å². The lowest BCUT2D eigenvalue weighted by Crippen LogP contribution is -2.16. The van der Waals surface area contributed by atoms with E-state index in [1.54, 1.807) is 0 Å². The Kier molecular flexibility index (Phi) is 13.4. The Morgan fingerprint density at radius 2 is 0.792 bits per heavy atom. The van der Waals surface area contributed by atoms with Gasteiger partial charge < -0.3 is 10.6 Å². The minimum atomic E-state index is -5.05. The Labute approximate surface area is 432 Å². The highest BCUT2D eigenvalue weighted by Gasteiger charge is 2.24. The Morgan fingerprint density at radius 1 is 0.377 bits per heavy atom. The number of rotatable bonds is 14. The van der Waals surface area contributed by atoms with Crippen LogP contribution in [0.3, 0.4) is 0 Å². The summed E-state index contributed by atoms with van der Waals surface area (Å²) in [5, 5.41) is 20.6. The summed E-state index contributed by atoms with van der Waals surface area (Å²) in [6, 6.07) is 21.9. The predicted octanol–water partition coefficient (Wildman–Crippen LogP) is 7.58. The van der Waals surface area contributed by atoms with Gasteiger partial charge in [-0.2, -0.15) is 70.7 Å². The summed E-state index contributed by atoms with van der Waals surface area (Å²) in [5.41, 5.74) is -1.90. The van der Waals surface area contributed by atoms with E-state index < -0.39 is 102 Å². The summed E-state index contributed by atoms with van der Waals surface area (Å²) in [6.07, 6.45) is 0. The fraction of sp³-hybridized carbons (Fsp3) is 0. The molecule has 396 valence electrons. The van der Waals surface area contributed by atoms with Gasteiger partial charge in [-0.15, -0.1) is 10.2 Å². The fourth-order valence-electron chi connectivity index (χ4n) is 7.92. The molecule has 1 aromatic heterocycles. The average Bonchev–Trinajstić information content (AvgIpc) is 3.33. The monoisotopic (exact) mass is 1170 g/mol.